The van der Waals surface area contributed by atoms with Gasteiger partial charge < -0.3 is 14.5 Å². The second-order valence-electron chi connectivity index (χ2n) is 8.33. The number of amides is 2. The van der Waals surface area contributed by atoms with Crippen molar-refractivity contribution in [2.45, 2.75) is 46.1 Å². The molecule has 2 heterocycles. The lowest BCUT2D eigenvalue weighted by Gasteiger charge is -2.37. The molecule has 1 aromatic heterocycles. The summed E-state index contributed by atoms with van der Waals surface area (Å²) in [6.07, 6.45) is 2.13. The molecule has 3 rings (SSSR count). The lowest BCUT2D eigenvalue weighted by Crippen LogP contribution is -2.48. The Hall–Kier alpha value is -2.05. The monoisotopic (exact) mass is 462 g/mol. The molecule has 0 bridgehead atoms. The third-order valence-electron chi connectivity index (χ3n) is 5.39. The summed E-state index contributed by atoms with van der Waals surface area (Å²) in [4.78, 5) is 30.9. The van der Waals surface area contributed by atoms with E-state index in [-0.39, 0.29) is 30.3 Å². The molecule has 0 unspecified atom stereocenters. The summed E-state index contributed by atoms with van der Waals surface area (Å²) in [6, 6.07) is 9.17. The van der Waals surface area contributed by atoms with E-state index in [0.29, 0.717) is 31.1 Å². The summed E-state index contributed by atoms with van der Waals surface area (Å²) < 4.78 is 6.03. The fourth-order valence-electron chi connectivity index (χ4n) is 3.87. The van der Waals surface area contributed by atoms with Crippen molar-refractivity contribution in [3.05, 3.63) is 51.2 Å². The van der Waals surface area contributed by atoms with Crippen molar-refractivity contribution in [1.29, 1.82) is 0 Å². The number of hydrogen-bond donors (Lipinski definition) is 0. The number of carbonyl (C=O) groups is 2. The van der Waals surface area contributed by atoms with Crippen LogP contribution in [0, 0.1) is 5.92 Å². The van der Waals surface area contributed by atoms with Crippen LogP contribution >= 0.6 is 22.9 Å². The maximum atomic E-state index is 13.3. The highest BCUT2D eigenvalue weighted by Crippen LogP contribution is 2.34. The van der Waals surface area contributed by atoms with E-state index in [1.54, 1.807) is 28.4 Å². The smallest absolute Gasteiger partial charge is 0.242 e. The van der Waals surface area contributed by atoms with Crippen LogP contribution in [0.3, 0.4) is 0 Å². The van der Waals surface area contributed by atoms with E-state index in [4.69, 9.17) is 16.3 Å². The molecule has 0 fully saturated rings. The minimum atomic E-state index is -0.165. The molecule has 5 nitrogen and oxygen atoms in total. The quantitative estimate of drug-likeness (QED) is 0.515. The van der Waals surface area contributed by atoms with E-state index in [0.717, 1.165) is 24.2 Å². The summed E-state index contributed by atoms with van der Waals surface area (Å²) in [5.41, 5.74) is 1.15. The number of rotatable bonds is 9. The standard InChI is InChI=1S/C24H31ClN2O3S/c1-4-11-26(23(28)14-17(2)3)15-24(29)27-12-9-22-20(10-13-31-22)21(27)16-30-19-7-5-18(25)6-8-19/h5-8,10,13,17,21H,4,9,11-12,14-16H2,1-3H3/t21-/m1/s1. The van der Waals surface area contributed by atoms with Crippen molar-refractivity contribution in [2.24, 2.45) is 5.92 Å². The molecule has 0 saturated heterocycles. The van der Waals surface area contributed by atoms with E-state index >= 15 is 0 Å². The minimum Gasteiger partial charge on any atom is -0.491 e. The van der Waals surface area contributed by atoms with Gasteiger partial charge in [-0.3, -0.25) is 9.59 Å². The predicted molar refractivity (Wildman–Crippen MR) is 126 cm³/mol. The molecule has 1 atom stereocenters. The van der Waals surface area contributed by atoms with E-state index in [2.05, 4.69) is 11.4 Å². The third kappa shape index (κ3) is 6.23. The van der Waals surface area contributed by atoms with Gasteiger partial charge in [0.15, 0.2) is 0 Å². The van der Waals surface area contributed by atoms with Crippen LogP contribution in [0.15, 0.2) is 35.7 Å². The number of nitrogens with zero attached hydrogens (tertiary/aromatic N) is 2. The van der Waals surface area contributed by atoms with Gasteiger partial charge in [-0.15, -0.1) is 11.3 Å². The minimum absolute atomic E-state index is 0.0212. The molecule has 0 aliphatic carbocycles. The van der Waals surface area contributed by atoms with Gasteiger partial charge in [0.1, 0.15) is 12.4 Å². The van der Waals surface area contributed by atoms with Crippen LogP contribution < -0.4 is 4.74 Å². The Morgan fingerprint density at radius 3 is 2.68 bits per heavy atom. The van der Waals surface area contributed by atoms with Gasteiger partial charge in [-0.05, 0) is 60.0 Å². The number of halogens is 1. The Balaban J connectivity index is 1.74. The molecular formula is C24H31ClN2O3S. The van der Waals surface area contributed by atoms with Crippen molar-refractivity contribution in [3.63, 3.8) is 0 Å². The molecule has 1 aliphatic heterocycles. The fourth-order valence-corrected chi connectivity index (χ4v) is 4.93. The Labute approximate surface area is 193 Å². The first-order chi connectivity index (χ1) is 14.9. The van der Waals surface area contributed by atoms with Crippen LogP contribution in [0.2, 0.25) is 5.02 Å². The SMILES string of the molecule is CCCN(CC(=O)N1CCc2sccc2[C@H]1COc1ccc(Cl)cc1)C(=O)CC(C)C. The number of hydrogen-bond acceptors (Lipinski definition) is 4. The first-order valence-electron chi connectivity index (χ1n) is 10.9. The normalized spacial score (nSPS) is 15.6. The number of fused-ring (bicyclic) bond motifs is 1. The number of carbonyl (C=O) groups excluding carboxylic acids is 2. The van der Waals surface area contributed by atoms with E-state index in [9.17, 15) is 9.59 Å². The lowest BCUT2D eigenvalue weighted by molar-refractivity contribution is -0.143. The van der Waals surface area contributed by atoms with Gasteiger partial charge in [-0.25, -0.2) is 0 Å². The molecule has 31 heavy (non-hydrogen) atoms. The number of ether oxygens (including phenoxy) is 1. The first kappa shape index (κ1) is 23.6. The average Bonchev–Trinajstić information content (AvgIpc) is 3.21. The summed E-state index contributed by atoms with van der Waals surface area (Å²) in [5.74, 6) is 1.02. The van der Waals surface area contributed by atoms with Crippen LogP contribution in [0.1, 0.15) is 50.1 Å². The zero-order valence-corrected chi connectivity index (χ0v) is 20.0. The lowest BCUT2D eigenvalue weighted by atomic mass is 10.00. The topological polar surface area (TPSA) is 49.9 Å². The maximum absolute atomic E-state index is 13.3. The Bertz CT molecular complexity index is 881. The highest BCUT2D eigenvalue weighted by Gasteiger charge is 2.33. The van der Waals surface area contributed by atoms with Crippen LogP contribution in [0.4, 0.5) is 0 Å². The molecule has 1 aliphatic rings. The first-order valence-corrected chi connectivity index (χ1v) is 12.2. The molecule has 0 saturated carbocycles. The average molecular weight is 463 g/mol. The molecule has 0 radical (unpaired) electrons. The summed E-state index contributed by atoms with van der Waals surface area (Å²) in [5, 5.41) is 2.73. The Morgan fingerprint density at radius 1 is 1.26 bits per heavy atom. The second kappa shape index (κ2) is 11.0. The van der Waals surface area contributed by atoms with Crippen LogP contribution in [0.25, 0.3) is 0 Å². The summed E-state index contributed by atoms with van der Waals surface area (Å²) >= 11 is 7.69. The maximum Gasteiger partial charge on any atom is 0.242 e. The zero-order chi connectivity index (χ0) is 22.4. The molecule has 1 aromatic carbocycles. The van der Waals surface area contributed by atoms with Crippen molar-refractivity contribution >= 4 is 34.8 Å². The van der Waals surface area contributed by atoms with Gasteiger partial charge in [0.25, 0.3) is 0 Å². The van der Waals surface area contributed by atoms with Crippen LogP contribution in [-0.2, 0) is 16.0 Å². The number of benzene rings is 1. The summed E-state index contributed by atoms with van der Waals surface area (Å²) in [7, 11) is 0. The Kier molecular flexibility index (Phi) is 8.38. The molecule has 7 heteroatoms. The summed E-state index contributed by atoms with van der Waals surface area (Å²) in [6.45, 7) is 7.80. The fraction of sp³-hybridized carbons (Fsp3) is 0.500. The van der Waals surface area contributed by atoms with E-state index < -0.39 is 0 Å². The highest BCUT2D eigenvalue weighted by atomic mass is 35.5. The largest absolute Gasteiger partial charge is 0.491 e. The molecule has 0 spiro atoms. The van der Waals surface area contributed by atoms with Gasteiger partial charge in [0.05, 0.1) is 12.6 Å². The number of thiophene rings is 1. The molecular weight excluding hydrogens is 432 g/mol. The van der Waals surface area contributed by atoms with Gasteiger partial charge in [0, 0.05) is 29.4 Å². The van der Waals surface area contributed by atoms with Crippen molar-refractivity contribution in [3.8, 4) is 5.75 Å². The Morgan fingerprint density at radius 2 is 2.00 bits per heavy atom. The third-order valence-corrected chi connectivity index (χ3v) is 6.64. The van der Waals surface area contributed by atoms with Gasteiger partial charge >= 0.3 is 0 Å². The van der Waals surface area contributed by atoms with Crippen molar-refractivity contribution < 1.29 is 14.3 Å². The highest BCUT2D eigenvalue weighted by molar-refractivity contribution is 7.10. The van der Waals surface area contributed by atoms with Crippen LogP contribution in [-0.4, -0.2) is 47.9 Å². The van der Waals surface area contributed by atoms with Gasteiger partial charge in [0.2, 0.25) is 11.8 Å². The van der Waals surface area contributed by atoms with Crippen molar-refractivity contribution in [1.82, 2.24) is 9.80 Å². The predicted octanol–water partition coefficient (Wildman–Crippen LogP) is 5.19. The van der Waals surface area contributed by atoms with E-state index in [1.807, 2.05) is 37.8 Å². The molecule has 168 valence electrons. The van der Waals surface area contributed by atoms with E-state index in [1.165, 1.54) is 4.88 Å². The van der Waals surface area contributed by atoms with Gasteiger partial charge in [-0.2, -0.15) is 0 Å². The van der Waals surface area contributed by atoms with Gasteiger partial charge in [-0.1, -0.05) is 32.4 Å². The van der Waals surface area contributed by atoms with Crippen LogP contribution in [0.5, 0.6) is 5.75 Å². The molecule has 2 aromatic rings. The molecule has 2 amide bonds. The second-order valence-corrected chi connectivity index (χ2v) is 9.77. The zero-order valence-electron chi connectivity index (χ0n) is 18.5. The van der Waals surface area contributed by atoms with Crippen molar-refractivity contribution in [2.75, 3.05) is 26.2 Å². The molecule has 0 N–H and O–H groups in total.